The molecule has 0 aliphatic heterocycles. The number of anilines is 1. The lowest BCUT2D eigenvalue weighted by molar-refractivity contribution is 0.214. The minimum atomic E-state index is -3.37. The first-order valence-corrected chi connectivity index (χ1v) is 10.7. The summed E-state index contributed by atoms with van der Waals surface area (Å²) in [4.78, 5) is 12.4. The molecule has 0 spiro atoms. The minimum absolute atomic E-state index is 0.119. The molecule has 0 radical (unpaired) electrons. The van der Waals surface area contributed by atoms with E-state index in [4.69, 9.17) is 4.74 Å². The van der Waals surface area contributed by atoms with Gasteiger partial charge in [-0.2, -0.15) is 5.10 Å². The average molecular weight is 399 g/mol. The number of carbonyl (C=O) groups is 1. The Hall–Kier alpha value is -3.13. The Bertz CT molecular complexity index is 1080. The van der Waals surface area contributed by atoms with Gasteiger partial charge in [-0.05, 0) is 36.8 Å². The van der Waals surface area contributed by atoms with Crippen LogP contribution in [0, 0.1) is 0 Å². The van der Waals surface area contributed by atoms with E-state index < -0.39 is 15.9 Å². The van der Waals surface area contributed by atoms with Crippen molar-refractivity contribution in [2.24, 2.45) is 0 Å². The molecular formula is C20H21N3O4S. The number of carbonyl (C=O) groups excluding carboxylic acids is 1. The van der Waals surface area contributed by atoms with Crippen LogP contribution in [0.15, 0.2) is 65.7 Å². The first kappa shape index (κ1) is 19.6. The summed E-state index contributed by atoms with van der Waals surface area (Å²) in [6.45, 7) is 2.03. The van der Waals surface area contributed by atoms with Gasteiger partial charge in [-0.1, -0.05) is 37.6 Å². The molecule has 0 bridgehead atoms. The number of sulfone groups is 1. The number of aromatic nitrogens is 2. The summed E-state index contributed by atoms with van der Waals surface area (Å²) in [6.07, 6.45) is 3.44. The first-order chi connectivity index (χ1) is 13.4. The third kappa shape index (κ3) is 4.58. The summed E-state index contributed by atoms with van der Waals surface area (Å²) in [5.41, 5.74) is 2.00. The molecular weight excluding hydrogens is 378 g/mol. The molecule has 3 rings (SSSR count). The number of amides is 1. The van der Waals surface area contributed by atoms with Crippen molar-refractivity contribution in [1.82, 2.24) is 9.78 Å². The maximum absolute atomic E-state index is 12.3. The first-order valence-electron chi connectivity index (χ1n) is 8.79. The Labute approximate surface area is 163 Å². The van der Waals surface area contributed by atoms with Gasteiger partial charge in [-0.25, -0.2) is 17.9 Å². The van der Waals surface area contributed by atoms with Crippen molar-refractivity contribution in [3.63, 3.8) is 0 Å². The van der Waals surface area contributed by atoms with Crippen molar-refractivity contribution in [1.29, 1.82) is 0 Å². The van der Waals surface area contributed by atoms with Crippen LogP contribution < -0.4 is 10.1 Å². The molecule has 146 valence electrons. The summed E-state index contributed by atoms with van der Waals surface area (Å²) in [5, 5.41) is 6.90. The Morgan fingerprint density at radius 1 is 1.14 bits per heavy atom. The highest BCUT2D eigenvalue weighted by Gasteiger charge is 2.16. The molecule has 0 aliphatic carbocycles. The summed E-state index contributed by atoms with van der Waals surface area (Å²) in [6, 6.07) is 15.6. The molecule has 0 aliphatic rings. The van der Waals surface area contributed by atoms with Gasteiger partial charge < -0.3 is 4.74 Å². The van der Waals surface area contributed by atoms with Crippen molar-refractivity contribution >= 4 is 21.6 Å². The van der Waals surface area contributed by atoms with Crippen LogP contribution in [0.25, 0.3) is 5.69 Å². The molecule has 0 unspecified atom stereocenters. The highest BCUT2D eigenvalue weighted by molar-refractivity contribution is 7.90. The smallest absolute Gasteiger partial charge is 0.406 e. The normalized spacial score (nSPS) is 11.2. The summed E-state index contributed by atoms with van der Waals surface area (Å²) >= 11 is 0. The van der Waals surface area contributed by atoms with Crippen molar-refractivity contribution < 1.29 is 17.9 Å². The third-order valence-electron chi connectivity index (χ3n) is 4.03. The molecule has 3 aromatic rings. The van der Waals surface area contributed by atoms with E-state index in [0.717, 1.165) is 24.1 Å². The van der Waals surface area contributed by atoms with E-state index in [1.54, 1.807) is 16.8 Å². The Kier molecular flexibility index (Phi) is 5.79. The average Bonchev–Trinajstić information content (AvgIpc) is 3.04. The van der Waals surface area contributed by atoms with Crippen LogP contribution in [-0.4, -0.2) is 30.5 Å². The molecule has 1 amide bonds. The van der Waals surface area contributed by atoms with Crippen molar-refractivity contribution in [2.45, 2.75) is 24.7 Å². The van der Waals surface area contributed by atoms with Crippen LogP contribution in [0.5, 0.6) is 5.75 Å². The van der Waals surface area contributed by atoms with Gasteiger partial charge in [0.05, 0.1) is 22.5 Å². The van der Waals surface area contributed by atoms with Crippen molar-refractivity contribution in [2.75, 3.05) is 11.6 Å². The number of benzene rings is 2. The lowest BCUT2D eigenvalue weighted by Gasteiger charge is -2.10. The molecule has 0 fully saturated rings. The summed E-state index contributed by atoms with van der Waals surface area (Å²) < 4.78 is 30.5. The monoisotopic (exact) mass is 399 g/mol. The standard InChI is InChI=1S/C20H21N3O4S/c1-3-8-18-19(14-21-23(18)16-10-5-4-6-11-16)27-20(24)22-15-9-7-12-17(13-15)28(2,25)26/h4-7,9-14H,3,8H2,1-2H3,(H,22,24). The van der Waals surface area contributed by atoms with Gasteiger partial charge in [0.1, 0.15) is 0 Å². The molecule has 1 N–H and O–H groups in total. The highest BCUT2D eigenvalue weighted by Crippen LogP contribution is 2.24. The van der Waals surface area contributed by atoms with E-state index in [2.05, 4.69) is 10.4 Å². The second-order valence-corrected chi connectivity index (χ2v) is 8.28. The maximum atomic E-state index is 12.3. The van der Waals surface area contributed by atoms with E-state index in [1.165, 1.54) is 18.3 Å². The zero-order chi connectivity index (χ0) is 20.1. The third-order valence-corrected chi connectivity index (χ3v) is 5.14. The van der Waals surface area contributed by atoms with Crippen LogP contribution >= 0.6 is 0 Å². The molecule has 0 atom stereocenters. The SMILES string of the molecule is CCCc1c(OC(=O)Nc2cccc(S(C)(=O)=O)c2)cnn1-c1ccccc1. The Balaban J connectivity index is 1.80. The van der Waals surface area contributed by atoms with Crippen molar-refractivity contribution in [3.8, 4) is 11.4 Å². The minimum Gasteiger partial charge on any atom is -0.406 e. The number of para-hydroxylation sites is 1. The van der Waals surface area contributed by atoms with E-state index >= 15 is 0 Å². The number of nitrogens with one attached hydrogen (secondary N) is 1. The van der Waals surface area contributed by atoms with Gasteiger partial charge in [0, 0.05) is 11.9 Å². The summed E-state index contributed by atoms with van der Waals surface area (Å²) in [5.74, 6) is 0.363. The predicted octanol–water partition coefficient (Wildman–Crippen LogP) is 3.84. The molecule has 0 saturated heterocycles. The second kappa shape index (κ2) is 8.26. The second-order valence-electron chi connectivity index (χ2n) is 6.27. The zero-order valence-corrected chi connectivity index (χ0v) is 16.4. The van der Waals surface area contributed by atoms with Gasteiger partial charge in [-0.3, -0.25) is 5.32 Å². The number of hydrogen-bond donors (Lipinski definition) is 1. The maximum Gasteiger partial charge on any atom is 0.417 e. The van der Waals surface area contributed by atoms with Gasteiger partial charge in [0.2, 0.25) is 0 Å². The van der Waals surface area contributed by atoms with E-state index in [9.17, 15) is 13.2 Å². The van der Waals surface area contributed by atoms with E-state index in [1.807, 2.05) is 37.3 Å². The highest BCUT2D eigenvalue weighted by atomic mass is 32.2. The van der Waals surface area contributed by atoms with Crippen LogP contribution in [-0.2, 0) is 16.3 Å². The Morgan fingerprint density at radius 2 is 1.89 bits per heavy atom. The van der Waals surface area contributed by atoms with E-state index in [0.29, 0.717) is 17.9 Å². The lowest BCUT2D eigenvalue weighted by Crippen LogP contribution is -2.17. The summed E-state index contributed by atoms with van der Waals surface area (Å²) in [7, 11) is -3.37. The Morgan fingerprint density at radius 3 is 2.57 bits per heavy atom. The predicted molar refractivity (Wildman–Crippen MR) is 107 cm³/mol. The van der Waals surface area contributed by atoms with Crippen LogP contribution in [0.2, 0.25) is 0 Å². The fourth-order valence-corrected chi connectivity index (χ4v) is 3.42. The van der Waals surface area contributed by atoms with Crippen LogP contribution in [0.1, 0.15) is 19.0 Å². The van der Waals surface area contributed by atoms with Crippen molar-refractivity contribution in [3.05, 3.63) is 66.5 Å². The molecule has 7 nitrogen and oxygen atoms in total. The number of hydrogen-bond acceptors (Lipinski definition) is 5. The quantitative estimate of drug-likeness (QED) is 0.680. The van der Waals surface area contributed by atoms with Crippen LogP contribution in [0.3, 0.4) is 0 Å². The van der Waals surface area contributed by atoms with Crippen LogP contribution in [0.4, 0.5) is 10.5 Å². The van der Waals surface area contributed by atoms with Gasteiger partial charge in [0.15, 0.2) is 15.6 Å². The lowest BCUT2D eigenvalue weighted by atomic mass is 10.2. The molecule has 1 aromatic heterocycles. The van der Waals surface area contributed by atoms with Gasteiger partial charge in [-0.15, -0.1) is 0 Å². The zero-order valence-electron chi connectivity index (χ0n) is 15.6. The van der Waals surface area contributed by atoms with Gasteiger partial charge >= 0.3 is 6.09 Å². The topological polar surface area (TPSA) is 90.3 Å². The molecule has 0 saturated carbocycles. The van der Waals surface area contributed by atoms with E-state index in [-0.39, 0.29) is 4.90 Å². The number of ether oxygens (including phenoxy) is 1. The molecule has 2 aromatic carbocycles. The number of rotatable bonds is 6. The largest absolute Gasteiger partial charge is 0.417 e. The fraction of sp³-hybridized carbons (Fsp3) is 0.200. The van der Waals surface area contributed by atoms with Gasteiger partial charge in [0.25, 0.3) is 0 Å². The molecule has 8 heteroatoms. The molecule has 28 heavy (non-hydrogen) atoms. The molecule has 1 heterocycles. The number of nitrogens with zero attached hydrogens (tertiary/aromatic N) is 2. The fourth-order valence-electron chi connectivity index (χ4n) is 2.75.